The van der Waals surface area contributed by atoms with E-state index in [1.54, 1.807) is 9.69 Å². The molecule has 0 aromatic carbocycles. The molecule has 0 radical (unpaired) electrons. The second-order valence-corrected chi connectivity index (χ2v) is 7.88. The minimum absolute atomic E-state index is 0.225. The fraction of sp³-hybridized carbons (Fsp3) is 0.625. The topological polar surface area (TPSA) is 95.6 Å². The Kier molecular flexibility index (Phi) is 3.87. The van der Waals surface area contributed by atoms with Gasteiger partial charge in [-0.3, -0.25) is 5.41 Å². The van der Waals surface area contributed by atoms with Crippen LogP contribution in [0.1, 0.15) is 54.2 Å². The SMILES string of the molecule is CC1=NN(C(C)(C)C)C(=N)C1=Nc1c(C)nn(C(C)(C)C)c1N. The molecule has 7 nitrogen and oxygen atoms in total. The van der Waals surface area contributed by atoms with E-state index in [-0.39, 0.29) is 16.9 Å². The van der Waals surface area contributed by atoms with Gasteiger partial charge in [0.2, 0.25) is 0 Å². The molecule has 2 rings (SSSR count). The highest BCUT2D eigenvalue weighted by molar-refractivity contribution is 6.69. The number of hydrogen-bond donors (Lipinski definition) is 2. The Hall–Kier alpha value is -2.18. The number of nitrogens with two attached hydrogens (primary N) is 1. The van der Waals surface area contributed by atoms with E-state index in [2.05, 4.69) is 15.2 Å². The summed E-state index contributed by atoms with van der Waals surface area (Å²) in [6.07, 6.45) is 0. The van der Waals surface area contributed by atoms with E-state index in [1.807, 2.05) is 55.4 Å². The largest absolute Gasteiger partial charge is 0.382 e. The van der Waals surface area contributed by atoms with Crippen molar-refractivity contribution in [2.75, 3.05) is 5.73 Å². The zero-order chi connectivity index (χ0) is 17.7. The van der Waals surface area contributed by atoms with Crippen molar-refractivity contribution in [3.8, 4) is 0 Å². The Morgan fingerprint density at radius 3 is 2.00 bits per heavy atom. The van der Waals surface area contributed by atoms with Gasteiger partial charge in [0, 0.05) is 0 Å². The summed E-state index contributed by atoms with van der Waals surface area (Å²) < 4.78 is 1.77. The summed E-state index contributed by atoms with van der Waals surface area (Å²) in [5.41, 5.74) is 8.38. The maximum absolute atomic E-state index is 8.38. The van der Waals surface area contributed by atoms with E-state index in [9.17, 15) is 0 Å². The highest BCUT2D eigenvalue weighted by atomic mass is 15.5. The first-order valence-electron chi connectivity index (χ1n) is 7.73. The summed E-state index contributed by atoms with van der Waals surface area (Å²) in [5.74, 6) is 0.801. The maximum atomic E-state index is 8.38. The molecule has 0 spiro atoms. The molecule has 1 aromatic rings. The molecule has 3 N–H and O–H groups in total. The van der Waals surface area contributed by atoms with Gasteiger partial charge in [0.05, 0.1) is 22.5 Å². The predicted octanol–water partition coefficient (Wildman–Crippen LogP) is 3.07. The van der Waals surface area contributed by atoms with E-state index in [0.29, 0.717) is 22.9 Å². The fourth-order valence-electron chi connectivity index (χ4n) is 2.44. The fourth-order valence-corrected chi connectivity index (χ4v) is 2.44. The number of nitrogens with zero attached hydrogens (tertiary/aromatic N) is 5. The molecule has 0 aliphatic carbocycles. The average Bonchev–Trinajstić information content (AvgIpc) is 2.81. The molecule has 1 aromatic heterocycles. The summed E-state index contributed by atoms with van der Waals surface area (Å²) in [7, 11) is 0. The third-order valence-corrected chi connectivity index (χ3v) is 3.59. The van der Waals surface area contributed by atoms with Gasteiger partial charge in [-0.05, 0) is 55.4 Å². The molecule has 0 amide bonds. The Labute approximate surface area is 137 Å². The molecule has 0 atom stereocenters. The van der Waals surface area contributed by atoms with Crippen LogP contribution in [0, 0.1) is 12.3 Å². The molecule has 0 bridgehead atoms. The lowest BCUT2D eigenvalue weighted by Crippen LogP contribution is -2.41. The highest BCUT2D eigenvalue weighted by Gasteiger charge is 2.34. The molecule has 0 fully saturated rings. The van der Waals surface area contributed by atoms with Crippen LogP contribution in [0.2, 0.25) is 0 Å². The summed E-state index contributed by atoms with van der Waals surface area (Å²) in [6.45, 7) is 15.9. The van der Waals surface area contributed by atoms with Crippen LogP contribution in [-0.4, -0.2) is 37.6 Å². The molecule has 1 aliphatic heterocycles. The van der Waals surface area contributed by atoms with Gasteiger partial charge >= 0.3 is 0 Å². The van der Waals surface area contributed by atoms with Gasteiger partial charge in [-0.2, -0.15) is 10.2 Å². The number of hydrogen-bond acceptors (Lipinski definition) is 5. The van der Waals surface area contributed by atoms with Crippen molar-refractivity contribution in [2.45, 2.75) is 66.5 Å². The lowest BCUT2D eigenvalue weighted by Gasteiger charge is -2.29. The van der Waals surface area contributed by atoms with Crippen LogP contribution in [0.15, 0.2) is 10.1 Å². The molecule has 2 heterocycles. The number of aryl methyl sites for hydroxylation is 1. The van der Waals surface area contributed by atoms with Crippen LogP contribution in [0.25, 0.3) is 0 Å². The second-order valence-electron chi connectivity index (χ2n) is 7.88. The van der Waals surface area contributed by atoms with Gasteiger partial charge in [0.15, 0.2) is 5.84 Å². The first kappa shape index (κ1) is 17.2. The molecular formula is C16H27N7. The predicted molar refractivity (Wildman–Crippen MR) is 95.9 cm³/mol. The lowest BCUT2D eigenvalue weighted by molar-refractivity contribution is 0.252. The molecular weight excluding hydrogens is 290 g/mol. The van der Waals surface area contributed by atoms with Crippen LogP contribution in [-0.2, 0) is 5.54 Å². The van der Waals surface area contributed by atoms with Crippen molar-refractivity contribution in [2.24, 2.45) is 10.1 Å². The summed E-state index contributed by atoms with van der Waals surface area (Å²) >= 11 is 0. The first-order chi connectivity index (χ1) is 10.3. The standard InChI is InChI=1S/C16H27N7/c1-9-11(13(17)22(20-9)15(3,4)5)19-12-10(2)21-23(14(12)18)16(6,7)8/h17H,18H2,1-8H3. The number of nitrogens with one attached hydrogen (secondary N) is 1. The minimum atomic E-state index is -0.272. The Balaban J connectivity index is 2.51. The minimum Gasteiger partial charge on any atom is -0.382 e. The molecule has 0 saturated heterocycles. The van der Waals surface area contributed by atoms with Crippen LogP contribution in [0.5, 0.6) is 0 Å². The summed E-state index contributed by atoms with van der Waals surface area (Å²) in [6, 6.07) is 0. The average molecular weight is 317 g/mol. The van der Waals surface area contributed by atoms with E-state index in [1.165, 1.54) is 0 Å². The van der Waals surface area contributed by atoms with Crippen molar-refractivity contribution >= 4 is 28.8 Å². The van der Waals surface area contributed by atoms with Crippen molar-refractivity contribution < 1.29 is 0 Å². The molecule has 0 unspecified atom stereocenters. The summed E-state index contributed by atoms with van der Waals surface area (Å²) in [5, 5.41) is 19.0. The Morgan fingerprint density at radius 2 is 1.61 bits per heavy atom. The van der Waals surface area contributed by atoms with E-state index < -0.39 is 0 Å². The van der Waals surface area contributed by atoms with Gasteiger partial charge in [-0.1, -0.05) is 0 Å². The third-order valence-electron chi connectivity index (χ3n) is 3.59. The van der Waals surface area contributed by atoms with Gasteiger partial charge in [0.1, 0.15) is 17.2 Å². The zero-order valence-electron chi connectivity index (χ0n) is 15.3. The van der Waals surface area contributed by atoms with Crippen molar-refractivity contribution in [3.05, 3.63) is 5.69 Å². The van der Waals surface area contributed by atoms with Crippen molar-refractivity contribution in [3.63, 3.8) is 0 Å². The second kappa shape index (κ2) is 5.18. The molecule has 1 aliphatic rings. The van der Waals surface area contributed by atoms with Gasteiger partial charge in [-0.15, -0.1) is 0 Å². The van der Waals surface area contributed by atoms with E-state index in [4.69, 9.17) is 11.1 Å². The third kappa shape index (κ3) is 3.00. The van der Waals surface area contributed by atoms with E-state index >= 15 is 0 Å². The van der Waals surface area contributed by atoms with E-state index in [0.717, 1.165) is 5.69 Å². The van der Waals surface area contributed by atoms with Crippen molar-refractivity contribution in [1.29, 1.82) is 5.41 Å². The first-order valence-corrected chi connectivity index (χ1v) is 7.73. The number of amidine groups is 1. The monoisotopic (exact) mass is 317 g/mol. The van der Waals surface area contributed by atoms with Crippen LogP contribution in [0.3, 0.4) is 0 Å². The number of hydrazone groups is 1. The Morgan fingerprint density at radius 1 is 1.04 bits per heavy atom. The zero-order valence-corrected chi connectivity index (χ0v) is 15.3. The molecule has 7 heteroatoms. The lowest BCUT2D eigenvalue weighted by atomic mass is 10.1. The molecule has 126 valence electrons. The normalized spacial score (nSPS) is 18.1. The van der Waals surface area contributed by atoms with Crippen LogP contribution >= 0.6 is 0 Å². The van der Waals surface area contributed by atoms with Crippen molar-refractivity contribution in [1.82, 2.24) is 14.8 Å². The van der Waals surface area contributed by atoms with Crippen LogP contribution in [0.4, 0.5) is 11.5 Å². The number of aromatic nitrogens is 2. The van der Waals surface area contributed by atoms with Crippen LogP contribution < -0.4 is 5.73 Å². The smallest absolute Gasteiger partial charge is 0.170 e. The highest BCUT2D eigenvalue weighted by Crippen LogP contribution is 2.32. The number of rotatable bonds is 1. The summed E-state index contributed by atoms with van der Waals surface area (Å²) in [4.78, 5) is 4.63. The molecule has 23 heavy (non-hydrogen) atoms. The maximum Gasteiger partial charge on any atom is 0.170 e. The number of anilines is 1. The Bertz CT molecular complexity index is 708. The number of nitrogen functional groups attached to an aromatic ring is 1. The molecule has 0 saturated carbocycles. The van der Waals surface area contributed by atoms with Gasteiger partial charge in [-0.25, -0.2) is 14.7 Å². The van der Waals surface area contributed by atoms with Gasteiger partial charge < -0.3 is 5.73 Å². The quantitative estimate of drug-likeness (QED) is 0.833. The number of aliphatic imine (C=N–C) groups is 1. The van der Waals surface area contributed by atoms with Gasteiger partial charge in [0.25, 0.3) is 0 Å².